The van der Waals surface area contributed by atoms with Gasteiger partial charge >= 0.3 is 30.3 Å². The Labute approximate surface area is 205 Å². The molecule has 0 unspecified atom stereocenters. The second kappa shape index (κ2) is 15.6. The Morgan fingerprint density at radius 3 is 2.00 bits per heavy atom. The first-order valence-electron chi connectivity index (χ1n) is 10.0. The predicted molar refractivity (Wildman–Crippen MR) is 117 cm³/mol. The van der Waals surface area contributed by atoms with Crippen LogP contribution in [0.25, 0.3) is 0 Å². The maximum atomic E-state index is 11.9. The van der Waals surface area contributed by atoms with Crippen molar-refractivity contribution in [3.8, 4) is 0 Å². The van der Waals surface area contributed by atoms with Crippen molar-refractivity contribution in [1.82, 2.24) is 20.6 Å². The van der Waals surface area contributed by atoms with Gasteiger partial charge in [-0.25, -0.2) is 19.4 Å². The topological polar surface area (TPSA) is 183 Å². The lowest BCUT2D eigenvalue weighted by Gasteiger charge is -2.14. The summed E-state index contributed by atoms with van der Waals surface area (Å²) in [5.74, 6) is -5.40. The average molecular weight is 542 g/mol. The van der Waals surface area contributed by atoms with Gasteiger partial charge in [-0.15, -0.1) is 0 Å². The molecule has 2 rings (SSSR count). The molecule has 1 aromatic heterocycles. The summed E-state index contributed by atoms with van der Waals surface area (Å²) >= 11 is 0. The number of hydrogen-bond acceptors (Lipinski definition) is 5. The molecule has 1 heterocycles. The molecule has 2 amide bonds. The van der Waals surface area contributed by atoms with Gasteiger partial charge in [0.05, 0.1) is 12.4 Å². The largest absolute Gasteiger partial charge is 0.490 e. The standard InChI is InChI=1S/C16H22N6O.2C2HF3O2/c1-12(13-6-3-2-4-7-13)21-16(23)22-15(17)19-9-5-8-14-10-18-11-20-14;2*3-2(4,5)1(6)7/h2-4,6-7,10-12H,5,8-9H2,1H3,(H,18,20)(H4,17,19,21,22,23);2*(H,6,7)/t12-;;/m1../s1. The summed E-state index contributed by atoms with van der Waals surface area (Å²) in [6.45, 7) is 2.45. The zero-order valence-electron chi connectivity index (χ0n) is 19.1. The third kappa shape index (κ3) is 16.1. The van der Waals surface area contributed by atoms with Gasteiger partial charge in [0.2, 0.25) is 0 Å². The molecule has 206 valence electrons. The number of imidazole rings is 1. The molecule has 0 radical (unpaired) electrons. The minimum absolute atomic E-state index is 0.107. The molecule has 0 fully saturated rings. The van der Waals surface area contributed by atoms with Gasteiger partial charge in [0.1, 0.15) is 0 Å². The van der Waals surface area contributed by atoms with Gasteiger partial charge in [-0.1, -0.05) is 30.3 Å². The Bertz CT molecular complexity index is 973. The number of carboxylic acid groups (broad SMARTS) is 2. The molecule has 0 saturated carbocycles. The maximum Gasteiger partial charge on any atom is 0.490 e. The molecule has 0 aliphatic heterocycles. The summed E-state index contributed by atoms with van der Waals surface area (Å²) in [5.41, 5.74) is 7.79. The van der Waals surface area contributed by atoms with Crippen molar-refractivity contribution in [2.24, 2.45) is 10.7 Å². The summed E-state index contributed by atoms with van der Waals surface area (Å²) < 4.78 is 63.5. The number of carbonyl (C=O) groups excluding carboxylic acids is 1. The molecule has 7 N–H and O–H groups in total. The van der Waals surface area contributed by atoms with Crippen molar-refractivity contribution in [3.63, 3.8) is 0 Å². The van der Waals surface area contributed by atoms with Crippen molar-refractivity contribution >= 4 is 23.9 Å². The molecule has 0 bridgehead atoms. The summed E-state index contributed by atoms with van der Waals surface area (Å²) in [7, 11) is 0. The Morgan fingerprint density at radius 2 is 1.57 bits per heavy atom. The molecule has 0 aliphatic carbocycles. The van der Waals surface area contributed by atoms with Gasteiger partial charge in [0.25, 0.3) is 0 Å². The first-order valence-corrected chi connectivity index (χ1v) is 10.0. The monoisotopic (exact) mass is 542 g/mol. The molecule has 0 aliphatic rings. The lowest BCUT2D eigenvalue weighted by Crippen LogP contribution is -2.44. The second-order valence-corrected chi connectivity index (χ2v) is 6.78. The van der Waals surface area contributed by atoms with E-state index in [9.17, 15) is 31.1 Å². The number of benzene rings is 1. The number of carbonyl (C=O) groups is 3. The Hall–Kier alpha value is -4.31. The van der Waals surface area contributed by atoms with E-state index >= 15 is 0 Å². The fourth-order valence-corrected chi connectivity index (χ4v) is 2.10. The number of aliphatic imine (C=N–C) groups is 1. The van der Waals surface area contributed by atoms with Crippen LogP contribution in [0, 0.1) is 0 Å². The Morgan fingerprint density at radius 1 is 1.05 bits per heavy atom. The van der Waals surface area contributed by atoms with Crippen LogP contribution in [-0.4, -0.2) is 63.0 Å². The van der Waals surface area contributed by atoms with Crippen molar-refractivity contribution in [3.05, 3.63) is 54.1 Å². The number of H-pyrrole nitrogens is 1. The maximum absolute atomic E-state index is 11.9. The van der Waals surface area contributed by atoms with Gasteiger partial charge < -0.3 is 26.2 Å². The first-order chi connectivity index (χ1) is 17.0. The number of rotatable bonds is 6. The van der Waals surface area contributed by atoms with Crippen molar-refractivity contribution < 1.29 is 50.9 Å². The highest BCUT2D eigenvalue weighted by atomic mass is 19.4. The van der Waals surface area contributed by atoms with E-state index in [0.717, 1.165) is 24.1 Å². The molecule has 11 nitrogen and oxygen atoms in total. The number of amides is 2. The van der Waals surface area contributed by atoms with Crippen LogP contribution in [0.15, 0.2) is 47.8 Å². The molecule has 17 heteroatoms. The highest BCUT2D eigenvalue weighted by Gasteiger charge is 2.38. The van der Waals surface area contributed by atoms with Gasteiger partial charge in [-0.3, -0.25) is 10.3 Å². The molecule has 2 aromatic rings. The summed E-state index contributed by atoms with van der Waals surface area (Å²) in [5, 5.41) is 19.6. The number of aliphatic carboxylic acids is 2. The molecule has 0 saturated heterocycles. The highest BCUT2D eigenvalue weighted by Crippen LogP contribution is 2.14. The van der Waals surface area contributed by atoms with E-state index in [0.29, 0.717) is 6.54 Å². The minimum Gasteiger partial charge on any atom is -0.475 e. The quantitative estimate of drug-likeness (QED) is 0.140. The van der Waals surface area contributed by atoms with Crippen molar-refractivity contribution in [2.75, 3.05) is 6.54 Å². The normalized spacial score (nSPS) is 12.1. The number of nitrogens with two attached hydrogens (primary N) is 1. The smallest absolute Gasteiger partial charge is 0.475 e. The number of guanidine groups is 1. The van der Waals surface area contributed by atoms with E-state index < -0.39 is 24.3 Å². The summed E-state index contributed by atoms with van der Waals surface area (Å²) in [6.07, 6.45) is -5.07. The number of aromatic nitrogens is 2. The van der Waals surface area contributed by atoms with Crippen LogP contribution in [0.5, 0.6) is 0 Å². The molecule has 0 spiro atoms. The summed E-state index contributed by atoms with van der Waals surface area (Å²) in [4.78, 5) is 40.8. The zero-order valence-corrected chi connectivity index (χ0v) is 19.1. The lowest BCUT2D eigenvalue weighted by atomic mass is 10.1. The van der Waals surface area contributed by atoms with Crippen LogP contribution in [0.2, 0.25) is 0 Å². The van der Waals surface area contributed by atoms with E-state index in [1.165, 1.54) is 0 Å². The molecular formula is C20H24F6N6O5. The van der Waals surface area contributed by atoms with Gasteiger partial charge in [0.15, 0.2) is 5.96 Å². The van der Waals surface area contributed by atoms with E-state index in [1.54, 1.807) is 12.5 Å². The summed E-state index contributed by atoms with van der Waals surface area (Å²) in [6, 6.07) is 9.24. The van der Waals surface area contributed by atoms with Gasteiger partial charge in [-0.05, 0) is 25.3 Å². The first kappa shape index (κ1) is 32.7. The van der Waals surface area contributed by atoms with Crippen LogP contribution in [0.4, 0.5) is 31.1 Å². The zero-order chi connectivity index (χ0) is 28.6. The average Bonchev–Trinajstić information content (AvgIpc) is 3.30. The predicted octanol–water partition coefficient (Wildman–Crippen LogP) is 2.98. The number of nitrogens with zero attached hydrogens (tertiary/aromatic N) is 2. The number of aryl methyl sites for hydroxylation is 1. The molecule has 1 aromatic carbocycles. The molecule has 37 heavy (non-hydrogen) atoms. The third-order valence-corrected chi connectivity index (χ3v) is 3.82. The second-order valence-electron chi connectivity index (χ2n) is 6.78. The number of aromatic amines is 1. The van der Waals surface area contributed by atoms with Crippen LogP contribution >= 0.6 is 0 Å². The lowest BCUT2D eigenvalue weighted by molar-refractivity contribution is -0.193. The number of halogens is 6. The third-order valence-electron chi connectivity index (χ3n) is 3.82. The molecule has 1 atom stereocenters. The number of nitrogens with one attached hydrogen (secondary N) is 3. The Balaban J connectivity index is 0.000000761. The van der Waals surface area contributed by atoms with Crippen molar-refractivity contribution in [2.45, 2.75) is 38.2 Å². The highest BCUT2D eigenvalue weighted by molar-refractivity contribution is 5.95. The van der Waals surface area contributed by atoms with Crippen molar-refractivity contribution in [1.29, 1.82) is 0 Å². The fraction of sp³-hybridized carbons (Fsp3) is 0.350. The van der Waals surface area contributed by atoms with Crippen LogP contribution in [0.3, 0.4) is 0 Å². The van der Waals surface area contributed by atoms with Crippen LogP contribution < -0.4 is 16.4 Å². The van der Waals surface area contributed by atoms with Gasteiger partial charge in [-0.2, -0.15) is 26.3 Å². The van der Waals surface area contributed by atoms with E-state index in [1.807, 2.05) is 37.3 Å². The number of carboxylic acids is 2. The number of alkyl halides is 6. The fourth-order valence-electron chi connectivity index (χ4n) is 2.10. The van der Waals surface area contributed by atoms with Crippen LogP contribution in [-0.2, 0) is 16.0 Å². The molecular weight excluding hydrogens is 518 g/mol. The SMILES string of the molecule is C[C@@H](NC(=O)NC(N)=NCCCc1cnc[nH]1)c1ccccc1.O=C(O)C(F)(F)F.O=C(O)C(F)(F)F. The number of urea groups is 1. The number of hydrogen-bond donors (Lipinski definition) is 6. The van der Waals surface area contributed by atoms with Gasteiger partial charge in [0, 0.05) is 18.4 Å². The van der Waals surface area contributed by atoms with E-state index in [4.69, 9.17) is 25.5 Å². The van der Waals surface area contributed by atoms with E-state index in [2.05, 4.69) is 25.6 Å². The minimum atomic E-state index is -5.08. The van der Waals surface area contributed by atoms with Crippen LogP contribution in [0.1, 0.15) is 30.6 Å². The van der Waals surface area contributed by atoms with E-state index in [-0.39, 0.29) is 18.0 Å². The Kier molecular flexibility index (Phi) is 13.8.